The molecule has 0 aliphatic rings. The van der Waals surface area contributed by atoms with Gasteiger partial charge in [-0.3, -0.25) is 14.6 Å². The van der Waals surface area contributed by atoms with Crippen molar-refractivity contribution in [1.29, 1.82) is 0 Å². The molecule has 0 aliphatic carbocycles. The molecule has 4 aromatic rings. The largest absolute Gasteiger partial charge is 0.345 e. The van der Waals surface area contributed by atoms with Crippen molar-refractivity contribution in [3.05, 3.63) is 54.4 Å². The summed E-state index contributed by atoms with van der Waals surface area (Å²) in [4.78, 5) is 18.3. The van der Waals surface area contributed by atoms with Crippen LogP contribution in [0.3, 0.4) is 0 Å². The van der Waals surface area contributed by atoms with Crippen LogP contribution < -0.4 is 0 Å². The molecule has 4 rings (SSSR count). The van der Waals surface area contributed by atoms with Gasteiger partial charge in [-0.05, 0) is 29.8 Å². The van der Waals surface area contributed by atoms with Crippen LogP contribution in [0.4, 0.5) is 0 Å². The van der Waals surface area contributed by atoms with E-state index >= 15 is 0 Å². The van der Waals surface area contributed by atoms with Gasteiger partial charge in [-0.1, -0.05) is 12.1 Å². The van der Waals surface area contributed by atoms with E-state index < -0.39 is 0 Å². The summed E-state index contributed by atoms with van der Waals surface area (Å²) in [6.45, 7) is 0. The summed E-state index contributed by atoms with van der Waals surface area (Å²) < 4.78 is 1.78. The van der Waals surface area contributed by atoms with Crippen LogP contribution in [0, 0.1) is 0 Å². The Morgan fingerprint density at radius 1 is 1.15 bits per heavy atom. The summed E-state index contributed by atoms with van der Waals surface area (Å²) in [5.41, 5.74) is 4.93. The molecule has 0 aliphatic heterocycles. The fourth-order valence-electron chi connectivity index (χ4n) is 2.95. The lowest BCUT2D eigenvalue weighted by molar-refractivity contribution is 0.0827. The Bertz CT molecular complexity index is 1110. The summed E-state index contributed by atoms with van der Waals surface area (Å²) >= 11 is 0. The van der Waals surface area contributed by atoms with Crippen LogP contribution in [0.25, 0.3) is 33.5 Å². The monoisotopic (exact) mass is 346 g/mol. The average Bonchev–Trinajstić information content (AvgIpc) is 3.26. The maximum absolute atomic E-state index is 12.2. The van der Waals surface area contributed by atoms with E-state index in [-0.39, 0.29) is 5.91 Å². The molecule has 0 bridgehead atoms. The van der Waals surface area contributed by atoms with Crippen LogP contribution in [0.2, 0.25) is 0 Å². The summed E-state index contributed by atoms with van der Waals surface area (Å²) in [7, 11) is 5.37. The summed E-state index contributed by atoms with van der Waals surface area (Å²) in [6, 6.07) is 11.5. The quantitative estimate of drug-likeness (QED) is 0.618. The van der Waals surface area contributed by atoms with Gasteiger partial charge >= 0.3 is 0 Å². The summed E-state index contributed by atoms with van der Waals surface area (Å²) in [5.74, 6) is -0.0280. The third-order valence-electron chi connectivity index (χ3n) is 4.33. The number of aromatic amines is 1. The van der Waals surface area contributed by atoms with Gasteiger partial charge in [0.1, 0.15) is 5.69 Å². The number of hydrogen-bond acceptors (Lipinski definition) is 4. The molecule has 26 heavy (non-hydrogen) atoms. The highest BCUT2D eigenvalue weighted by Crippen LogP contribution is 2.29. The standard InChI is InChI=1S/C19H18N6O/c1-24(2)19(26)13-6-4-5-12(9-13)14-10-15-17(16-7-8-21-25(16)3)22-23-18(15)20-11-14/h4-11H,1-3H3,(H,20,22,23). The number of pyridine rings is 1. The molecule has 0 atom stereocenters. The van der Waals surface area contributed by atoms with E-state index in [9.17, 15) is 4.79 Å². The molecule has 1 aromatic carbocycles. The summed E-state index contributed by atoms with van der Waals surface area (Å²) in [5, 5.41) is 12.5. The number of H-pyrrole nitrogens is 1. The van der Waals surface area contributed by atoms with Crippen molar-refractivity contribution in [2.45, 2.75) is 0 Å². The number of aryl methyl sites for hydroxylation is 1. The van der Waals surface area contributed by atoms with Crippen LogP contribution in [0.5, 0.6) is 0 Å². The molecular weight excluding hydrogens is 328 g/mol. The molecule has 0 spiro atoms. The number of nitrogens with one attached hydrogen (secondary N) is 1. The molecular formula is C19H18N6O. The van der Waals surface area contributed by atoms with Gasteiger partial charge in [0.2, 0.25) is 0 Å². The van der Waals surface area contributed by atoms with Crippen molar-refractivity contribution in [1.82, 2.24) is 29.9 Å². The Morgan fingerprint density at radius 2 is 2.00 bits per heavy atom. The molecule has 0 fully saturated rings. The van der Waals surface area contributed by atoms with Crippen LogP contribution in [0.15, 0.2) is 48.8 Å². The number of hydrogen-bond donors (Lipinski definition) is 1. The maximum atomic E-state index is 12.2. The van der Waals surface area contributed by atoms with Gasteiger partial charge in [-0.25, -0.2) is 4.98 Å². The Kier molecular flexibility index (Phi) is 3.76. The van der Waals surface area contributed by atoms with E-state index in [1.165, 1.54) is 0 Å². The second kappa shape index (κ2) is 6.11. The van der Waals surface area contributed by atoms with E-state index in [2.05, 4.69) is 20.3 Å². The molecule has 0 unspecified atom stereocenters. The van der Waals surface area contributed by atoms with Crippen LogP contribution >= 0.6 is 0 Å². The summed E-state index contributed by atoms with van der Waals surface area (Å²) in [6.07, 6.45) is 3.52. The Balaban J connectivity index is 1.82. The molecule has 7 nitrogen and oxygen atoms in total. The topological polar surface area (TPSA) is 79.7 Å². The number of carbonyl (C=O) groups excluding carboxylic acids is 1. The van der Waals surface area contributed by atoms with Gasteiger partial charge in [0.25, 0.3) is 5.91 Å². The number of benzene rings is 1. The average molecular weight is 346 g/mol. The van der Waals surface area contributed by atoms with E-state index in [1.807, 2.05) is 43.4 Å². The minimum atomic E-state index is -0.0280. The molecule has 0 radical (unpaired) electrons. The lowest BCUT2D eigenvalue weighted by Gasteiger charge is -2.11. The van der Waals surface area contributed by atoms with Gasteiger partial charge in [0, 0.05) is 50.0 Å². The third-order valence-corrected chi connectivity index (χ3v) is 4.33. The van der Waals surface area contributed by atoms with Crippen molar-refractivity contribution < 1.29 is 4.79 Å². The predicted octanol–water partition coefficient (Wildman–Crippen LogP) is 2.73. The van der Waals surface area contributed by atoms with Crippen molar-refractivity contribution in [2.24, 2.45) is 7.05 Å². The Labute approximate surface area is 150 Å². The zero-order valence-corrected chi connectivity index (χ0v) is 14.8. The normalized spacial score (nSPS) is 11.0. The highest BCUT2D eigenvalue weighted by atomic mass is 16.2. The highest BCUT2D eigenvalue weighted by Gasteiger charge is 2.14. The second-order valence-corrected chi connectivity index (χ2v) is 6.31. The van der Waals surface area contributed by atoms with Crippen LogP contribution in [0.1, 0.15) is 10.4 Å². The highest BCUT2D eigenvalue weighted by molar-refractivity contribution is 5.96. The van der Waals surface area contributed by atoms with Crippen molar-refractivity contribution >= 4 is 16.9 Å². The Hall–Kier alpha value is -3.48. The second-order valence-electron chi connectivity index (χ2n) is 6.31. The number of aromatic nitrogens is 5. The molecule has 1 N–H and O–H groups in total. The molecule has 3 aromatic heterocycles. The van der Waals surface area contributed by atoms with E-state index in [0.29, 0.717) is 11.2 Å². The number of carbonyl (C=O) groups is 1. The van der Waals surface area contributed by atoms with Gasteiger partial charge in [0.15, 0.2) is 5.65 Å². The number of nitrogens with zero attached hydrogens (tertiary/aromatic N) is 5. The van der Waals surface area contributed by atoms with Gasteiger partial charge in [-0.2, -0.15) is 10.2 Å². The SMILES string of the molecule is CN(C)C(=O)c1cccc(-c2cnc3[nH]nc(-c4ccnn4C)c3c2)c1. The minimum absolute atomic E-state index is 0.0280. The smallest absolute Gasteiger partial charge is 0.253 e. The van der Waals surface area contributed by atoms with Gasteiger partial charge in [0.05, 0.1) is 5.69 Å². The molecule has 7 heteroatoms. The first-order valence-corrected chi connectivity index (χ1v) is 8.19. The third kappa shape index (κ3) is 2.63. The molecule has 0 saturated carbocycles. The molecule has 3 heterocycles. The van der Waals surface area contributed by atoms with Crippen LogP contribution in [-0.4, -0.2) is 49.9 Å². The molecule has 1 amide bonds. The van der Waals surface area contributed by atoms with E-state index in [4.69, 9.17) is 0 Å². The van der Waals surface area contributed by atoms with Crippen molar-refractivity contribution in [2.75, 3.05) is 14.1 Å². The Morgan fingerprint density at radius 3 is 2.73 bits per heavy atom. The van der Waals surface area contributed by atoms with Crippen molar-refractivity contribution in [3.63, 3.8) is 0 Å². The van der Waals surface area contributed by atoms with Crippen molar-refractivity contribution in [3.8, 4) is 22.5 Å². The first-order chi connectivity index (χ1) is 12.5. The zero-order chi connectivity index (χ0) is 18.3. The lowest BCUT2D eigenvalue weighted by Crippen LogP contribution is -2.21. The first kappa shape index (κ1) is 16.0. The minimum Gasteiger partial charge on any atom is -0.345 e. The van der Waals surface area contributed by atoms with Crippen LogP contribution in [-0.2, 0) is 7.05 Å². The predicted molar refractivity (Wildman–Crippen MR) is 99.5 cm³/mol. The van der Waals surface area contributed by atoms with Gasteiger partial charge in [-0.15, -0.1) is 0 Å². The van der Waals surface area contributed by atoms with Gasteiger partial charge < -0.3 is 4.90 Å². The number of fused-ring (bicyclic) bond motifs is 1. The van der Waals surface area contributed by atoms with E-state index in [1.54, 1.807) is 36.1 Å². The first-order valence-electron chi connectivity index (χ1n) is 8.19. The molecule has 130 valence electrons. The zero-order valence-electron chi connectivity index (χ0n) is 14.8. The maximum Gasteiger partial charge on any atom is 0.253 e. The van der Waals surface area contributed by atoms with E-state index in [0.717, 1.165) is 27.9 Å². The molecule has 0 saturated heterocycles. The fourth-order valence-corrected chi connectivity index (χ4v) is 2.95. The number of amides is 1. The number of rotatable bonds is 3. The lowest BCUT2D eigenvalue weighted by atomic mass is 10.0. The fraction of sp³-hybridized carbons (Fsp3) is 0.158.